The number of nitrogens with zero attached hydrogens (tertiary/aromatic N) is 3. The lowest BCUT2D eigenvalue weighted by Gasteiger charge is -2.40. The highest BCUT2D eigenvalue weighted by molar-refractivity contribution is 5.14. The van der Waals surface area contributed by atoms with Crippen molar-refractivity contribution in [3.05, 3.63) is 28.7 Å². The van der Waals surface area contributed by atoms with E-state index in [9.17, 15) is 9.90 Å². The fourth-order valence-corrected chi connectivity index (χ4v) is 3.56. The molecule has 5 nitrogen and oxygen atoms in total. The lowest BCUT2D eigenvalue weighted by molar-refractivity contribution is 0.0782. The predicted octanol–water partition coefficient (Wildman–Crippen LogP) is 1.46. The molecule has 5 heteroatoms. The predicted molar refractivity (Wildman–Crippen MR) is 82.4 cm³/mol. The van der Waals surface area contributed by atoms with Gasteiger partial charge in [0.2, 0.25) is 0 Å². The van der Waals surface area contributed by atoms with Crippen LogP contribution in [0.15, 0.2) is 23.1 Å². The molecular weight excluding hydrogens is 266 g/mol. The first kappa shape index (κ1) is 14.6. The van der Waals surface area contributed by atoms with Crippen molar-refractivity contribution in [1.29, 1.82) is 0 Å². The van der Waals surface area contributed by atoms with E-state index in [0.29, 0.717) is 6.67 Å². The zero-order valence-electron chi connectivity index (χ0n) is 12.6. The van der Waals surface area contributed by atoms with Crippen molar-refractivity contribution in [2.24, 2.45) is 0 Å². The molecule has 2 saturated heterocycles. The molecule has 2 aliphatic heterocycles. The fourth-order valence-electron chi connectivity index (χ4n) is 3.56. The van der Waals surface area contributed by atoms with Crippen LogP contribution in [0, 0.1) is 0 Å². The van der Waals surface area contributed by atoms with E-state index in [-0.39, 0.29) is 11.3 Å². The van der Waals surface area contributed by atoms with Crippen molar-refractivity contribution in [3.63, 3.8) is 0 Å². The highest BCUT2D eigenvalue weighted by Gasteiger charge is 2.25. The Bertz CT molecular complexity index is 514. The van der Waals surface area contributed by atoms with E-state index in [0.717, 1.165) is 19.1 Å². The molecule has 0 amide bonds. The highest BCUT2D eigenvalue weighted by atomic mass is 16.3. The smallest absolute Gasteiger partial charge is 0.293 e. The first-order valence-corrected chi connectivity index (χ1v) is 8.09. The molecule has 116 valence electrons. The number of aromatic nitrogens is 1. The summed E-state index contributed by atoms with van der Waals surface area (Å²) in [6.45, 7) is 5.17. The van der Waals surface area contributed by atoms with Gasteiger partial charge in [0.05, 0.1) is 6.67 Å². The van der Waals surface area contributed by atoms with E-state index in [4.69, 9.17) is 0 Å². The van der Waals surface area contributed by atoms with Gasteiger partial charge in [-0.2, -0.15) is 0 Å². The van der Waals surface area contributed by atoms with E-state index in [1.54, 1.807) is 16.8 Å². The summed E-state index contributed by atoms with van der Waals surface area (Å²) in [6, 6.07) is 3.89. The first-order chi connectivity index (χ1) is 10.2. The summed E-state index contributed by atoms with van der Waals surface area (Å²) >= 11 is 0. The molecule has 0 spiro atoms. The van der Waals surface area contributed by atoms with Gasteiger partial charge in [-0.05, 0) is 50.9 Å². The van der Waals surface area contributed by atoms with E-state index in [1.165, 1.54) is 51.3 Å². The van der Waals surface area contributed by atoms with Gasteiger partial charge >= 0.3 is 0 Å². The Hall–Kier alpha value is -1.33. The van der Waals surface area contributed by atoms with Gasteiger partial charge in [-0.25, -0.2) is 0 Å². The second-order valence-electron chi connectivity index (χ2n) is 6.26. The molecule has 21 heavy (non-hydrogen) atoms. The van der Waals surface area contributed by atoms with E-state index in [1.807, 2.05) is 0 Å². The van der Waals surface area contributed by atoms with Gasteiger partial charge in [0.1, 0.15) is 0 Å². The Morgan fingerprint density at radius 3 is 2.52 bits per heavy atom. The summed E-state index contributed by atoms with van der Waals surface area (Å²) in [4.78, 5) is 16.8. The van der Waals surface area contributed by atoms with Crippen LogP contribution in [0.25, 0.3) is 0 Å². The number of piperidine rings is 2. The lowest BCUT2D eigenvalue weighted by Crippen LogP contribution is -2.47. The van der Waals surface area contributed by atoms with Crippen LogP contribution in [0.2, 0.25) is 0 Å². The van der Waals surface area contributed by atoms with Crippen LogP contribution in [0.5, 0.6) is 5.75 Å². The zero-order valence-corrected chi connectivity index (χ0v) is 12.6. The van der Waals surface area contributed by atoms with Gasteiger partial charge in [-0.1, -0.05) is 6.42 Å². The maximum atomic E-state index is 11.8. The second-order valence-corrected chi connectivity index (χ2v) is 6.26. The van der Waals surface area contributed by atoms with Gasteiger partial charge in [0.15, 0.2) is 5.75 Å². The summed E-state index contributed by atoms with van der Waals surface area (Å²) in [5.41, 5.74) is -0.296. The fraction of sp³-hybridized carbons (Fsp3) is 0.688. The van der Waals surface area contributed by atoms with Gasteiger partial charge in [-0.15, -0.1) is 0 Å². The Kier molecular flexibility index (Phi) is 4.60. The monoisotopic (exact) mass is 291 g/mol. The molecule has 0 radical (unpaired) electrons. The van der Waals surface area contributed by atoms with Crippen LogP contribution >= 0.6 is 0 Å². The first-order valence-electron chi connectivity index (χ1n) is 8.09. The number of rotatable bonds is 3. The lowest BCUT2D eigenvalue weighted by atomic mass is 10.0. The van der Waals surface area contributed by atoms with Crippen molar-refractivity contribution < 1.29 is 5.11 Å². The number of likely N-dealkylation sites (tertiary alicyclic amines) is 2. The molecule has 2 aliphatic rings. The van der Waals surface area contributed by atoms with Crippen molar-refractivity contribution in [2.75, 3.05) is 26.2 Å². The third-order valence-electron chi connectivity index (χ3n) is 4.82. The number of hydrogen-bond donors (Lipinski definition) is 1. The summed E-state index contributed by atoms with van der Waals surface area (Å²) < 4.78 is 1.59. The van der Waals surface area contributed by atoms with Crippen LogP contribution in [-0.4, -0.2) is 51.7 Å². The topological polar surface area (TPSA) is 48.7 Å². The molecule has 0 saturated carbocycles. The van der Waals surface area contributed by atoms with Gasteiger partial charge in [0, 0.05) is 25.3 Å². The molecule has 3 rings (SSSR count). The van der Waals surface area contributed by atoms with Gasteiger partial charge < -0.3 is 10.0 Å². The molecule has 0 atom stereocenters. The number of hydrogen-bond acceptors (Lipinski definition) is 4. The maximum absolute atomic E-state index is 11.8. The quantitative estimate of drug-likeness (QED) is 0.916. The highest BCUT2D eigenvalue weighted by Crippen LogP contribution is 2.21. The molecule has 2 fully saturated rings. The Morgan fingerprint density at radius 1 is 1.10 bits per heavy atom. The molecule has 1 N–H and O–H groups in total. The summed E-state index contributed by atoms with van der Waals surface area (Å²) in [7, 11) is 0. The van der Waals surface area contributed by atoms with Crippen LogP contribution in [0.3, 0.4) is 0 Å². The van der Waals surface area contributed by atoms with Crippen molar-refractivity contribution in [3.8, 4) is 5.75 Å². The van der Waals surface area contributed by atoms with E-state index >= 15 is 0 Å². The molecule has 0 unspecified atom stereocenters. The number of aromatic hydroxyl groups is 1. The molecule has 0 aromatic carbocycles. The minimum Gasteiger partial charge on any atom is -0.503 e. The van der Waals surface area contributed by atoms with Gasteiger partial charge in [0.25, 0.3) is 5.56 Å². The molecule has 1 aromatic heterocycles. The molecule has 0 aliphatic carbocycles. The Labute approximate surface area is 125 Å². The van der Waals surface area contributed by atoms with Crippen LogP contribution in [0.4, 0.5) is 0 Å². The third kappa shape index (κ3) is 3.47. The third-order valence-corrected chi connectivity index (χ3v) is 4.82. The summed E-state index contributed by atoms with van der Waals surface area (Å²) in [5.74, 6) is -0.166. The molecule has 1 aromatic rings. The van der Waals surface area contributed by atoms with Crippen molar-refractivity contribution in [2.45, 2.75) is 44.8 Å². The largest absolute Gasteiger partial charge is 0.503 e. The molecule has 0 bridgehead atoms. The summed E-state index contributed by atoms with van der Waals surface area (Å²) in [6.07, 6.45) is 8.20. The van der Waals surface area contributed by atoms with E-state index in [2.05, 4.69) is 9.80 Å². The zero-order chi connectivity index (χ0) is 14.7. The normalized spacial score (nSPS) is 22.5. The minimum atomic E-state index is -0.296. The molecular formula is C16H25N3O2. The van der Waals surface area contributed by atoms with E-state index < -0.39 is 0 Å². The Morgan fingerprint density at radius 2 is 1.81 bits per heavy atom. The van der Waals surface area contributed by atoms with Crippen molar-refractivity contribution in [1.82, 2.24) is 14.4 Å². The van der Waals surface area contributed by atoms with Gasteiger partial charge in [-0.3, -0.25) is 14.3 Å². The van der Waals surface area contributed by atoms with Crippen LogP contribution < -0.4 is 5.56 Å². The Balaban J connectivity index is 1.53. The average molecular weight is 291 g/mol. The SMILES string of the molecule is O=c1c(O)cccn1CN1CCC(N2CCCCC2)CC1. The van der Waals surface area contributed by atoms with Crippen molar-refractivity contribution >= 4 is 0 Å². The van der Waals surface area contributed by atoms with Crippen LogP contribution in [0.1, 0.15) is 32.1 Å². The summed E-state index contributed by atoms with van der Waals surface area (Å²) in [5, 5.41) is 9.48. The average Bonchev–Trinajstić information content (AvgIpc) is 2.53. The second kappa shape index (κ2) is 6.62. The maximum Gasteiger partial charge on any atom is 0.293 e. The van der Waals surface area contributed by atoms with Crippen LogP contribution in [-0.2, 0) is 6.67 Å². The standard InChI is InChI=1S/C16H25N3O2/c20-15-5-4-10-19(16(15)21)13-17-11-6-14(7-12-17)18-8-2-1-3-9-18/h4-5,10,14,20H,1-3,6-9,11-13H2. The molecule has 3 heterocycles. The minimum absolute atomic E-state index is 0.166. The number of pyridine rings is 1.